The average Bonchev–Trinajstić information content (AvgIpc) is 2.77. The number of hydrogen-bond donors (Lipinski definition) is 0. The maximum atomic E-state index is 5.66. The molecule has 2 rings (SSSR count). The van der Waals surface area contributed by atoms with Crippen molar-refractivity contribution in [2.45, 2.75) is 40.0 Å². The van der Waals surface area contributed by atoms with Crippen LogP contribution in [0.15, 0.2) is 4.42 Å². The lowest BCUT2D eigenvalue weighted by atomic mass is 9.75. The fourth-order valence-electron chi connectivity index (χ4n) is 2.49. The van der Waals surface area contributed by atoms with Gasteiger partial charge in [0.05, 0.1) is 0 Å². The summed E-state index contributed by atoms with van der Waals surface area (Å²) in [6.45, 7) is 8.96. The lowest BCUT2D eigenvalue weighted by Gasteiger charge is -2.38. The van der Waals surface area contributed by atoms with Crippen molar-refractivity contribution in [3.63, 3.8) is 0 Å². The number of rotatable bonds is 3. The van der Waals surface area contributed by atoms with Crippen LogP contribution in [-0.4, -0.2) is 29.2 Å². The van der Waals surface area contributed by atoms with Gasteiger partial charge in [-0.3, -0.25) is 0 Å². The molecular formula is C13H22ClN3O. The van der Waals surface area contributed by atoms with Crippen molar-refractivity contribution in [2.24, 2.45) is 11.3 Å². The first-order valence-corrected chi connectivity index (χ1v) is 7.17. The Hall–Kier alpha value is -0.770. The summed E-state index contributed by atoms with van der Waals surface area (Å²) in [6, 6.07) is 0.655. The number of alkyl halides is 1. The van der Waals surface area contributed by atoms with Crippen LogP contribution in [0.3, 0.4) is 0 Å². The van der Waals surface area contributed by atoms with Gasteiger partial charge in [-0.25, -0.2) is 0 Å². The third-order valence-corrected chi connectivity index (χ3v) is 3.94. The lowest BCUT2D eigenvalue weighted by molar-refractivity contribution is 0.196. The highest BCUT2D eigenvalue weighted by atomic mass is 35.5. The fraction of sp³-hybridized carbons (Fsp3) is 0.846. The summed E-state index contributed by atoms with van der Waals surface area (Å²) in [5.74, 6) is 1.94. The number of halogens is 1. The van der Waals surface area contributed by atoms with E-state index in [9.17, 15) is 0 Å². The molecule has 0 aromatic carbocycles. The molecule has 1 aromatic rings. The Morgan fingerprint density at radius 2 is 1.94 bits per heavy atom. The third kappa shape index (κ3) is 3.16. The highest BCUT2D eigenvalue weighted by molar-refractivity contribution is 6.17. The molecular weight excluding hydrogens is 250 g/mol. The normalized spacial score (nSPS) is 18.3. The maximum Gasteiger partial charge on any atom is 0.318 e. The molecule has 5 heteroatoms. The largest absolute Gasteiger partial charge is 0.408 e. The number of nitrogens with zero attached hydrogens (tertiary/aromatic N) is 3. The second-order valence-electron chi connectivity index (χ2n) is 6.04. The molecule has 0 N–H and O–H groups in total. The van der Waals surface area contributed by atoms with Gasteiger partial charge in [-0.15, -0.1) is 16.7 Å². The minimum atomic E-state index is 0.394. The molecule has 0 bridgehead atoms. The predicted molar refractivity (Wildman–Crippen MR) is 73.1 cm³/mol. The Kier molecular flexibility index (Phi) is 4.15. The Balaban J connectivity index is 1.92. The second kappa shape index (κ2) is 5.47. The van der Waals surface area contributed by atoms with Crippen LogP contribution in [0.2, 0.25) is 0 Å². The van der Waals surface area contributed by atoms with Gasteiger partial charge in [0.25, 0.3) is 0 Å². The van der Waals surface area contributed by atoms with Gasteiger partial charge in [0, 0.05) is 25.4 Å². The molecule has 0 radical (unpaired) electrons. The van der Waals surface area contributed by atoms with Crippen molar-refractivity contribution in [1.29, 1.82) is 0 Å². The van der Waals surface area contributed by atoms with E-state index in [2.05, 4.69) is 35.9 Å². The molecule has 4 nitrogen and oxygen atoms in total. The zero-order chi connectivity index (χ0) is 13.2. The molecule has 102 valence electrons. The highest BCUT2D eigenvalue weighted by Gasteiger charge is 2.30. The van der Waals surface area contributed by atoms with Crippen molar-refractivity contribution in [3.05, 3.63) is 5.89 Å². The molecule has 1 saturated heterocycles. The molecule has 1 aliphatic rings. The summed E-state index contributed by atoms with van der Waals surface area (Å²) in [5, 5.41) is 8.10. The maximum absolute atomic E-state index is 5.66. The van der Waals surface area contributed by atoms with E-state index >= 15 is 0 Å². The molecule has 0 unspecified atom stereocenters. The molecule has 0 aliphatic carbocycles. The van der Waals surface area contributed by atoms with E-state index in [0.717, 1.165) is 19.0 Å². The van der Waals surface area contributed by atoms with E-state index in [4.69, 9.17) is 16.0 Å². The number of anilines is 1. The zero-order valence-electron chi connectivity index (χ0n) is 11.4. The second-order valence-corrected chi connectivity index (χ2v) is 6.42. The standard InChI is InChI=1S/C13H22ClN3O/c1-13(2,3)10-5-8-17(9-6-10)12-16-15-11(18-12)4-7-14/h10H,4-9H2,1-3H3. The summed E-state index contributed by atoms with van der Waals surface area (Å²) in [5.41, 5.74) is 0.394. The predicted octanol–water partition coefficient (Wildman–Crippen LogP) is 3.11. The molecule has 0 saturated carbocycles. The van der Waals surface area contributed by atoms with Gasteiger partial charge in [-0.05, 0) is 24.2 Å². The van der Waals surface area contributed by atoms with Crippen molar-refractivity contribution >= 4 is 17.6 Å². The highest BCUT2D eigenvalue weighted by Crippen LogP contribution is 2.35. The van der Waals surface area contributed by atoms with Gasteiger partial charge < -0.3 is 9.32 Å². The van der Waals surface area contributed by atoms with Gasteiger partial charge in [-0.1, -0.05) is 25.9 Å². The molecule has 0 spiro atoms. The minimum Gasteiger partial charge on any atom is -0.408 e. The van der Waals surface area contributed by atoms with Crippen LogP contribution in [0.1, 0.15) is 39.5 Å². The van der Waals surface area contributed by atoms with E-state index < -0.39 is 0 Å². The quantitative estimate of drug-likeness (QED) is 0.792. The van der Waals surface area contributed by atoms with Crippen molar-refractivity contribution < 1.29 is 4.42 Å². The van der Waals surface area contributed by atoms with Gasteiger partial charge in [-0.2, -0.15) is 0 Å². The Morgan fingerprint density at radius 3 is 2.50 bits per heavy atom. The Bertz CT molecular complexity index is 378. The summed E-state index contributed by atoms with van der Waals surface area (Å²) in [6.07, 6.45) is 3.03. The first-order valence-electron chi connectivity index (χ1n) is 6.64. The topological polar surface area (TPSA) is 42.2 Å². The summed E-state index contributed by atoms with van der Waals surface area (Å²) < 4.78 is 5.60. The van der Waals surface area contributed by atoms with Gasteiger partial charge in [0.2, 0.25) is 5.89 Å². The molecule has 1 fully saturated rings. The first-order chi connectivity index (χ1) is 8.50. The van der Waals surface area contributed by atoms with E-state index in [1.54, 1.807) is 0 Å². The summed E-state index contributed by atoms with van der Waals surface area (Å²) >= 11 is 5.66. The van der Waals surface area contributed by atoms with Crippen molar-refractivity contribution in [2.75, 3.05) is 23.9 Å². The third-order valence-electron chi connectivity index (χ3n) is 3.75. The number of hydrogen-bond acceptors (Lipinski definition) is 4. The SMILES string of the molecule is CC(C)(C)C1CCN(c2nnc(CCCl)o2)CC1. The van der Waals surface area contributed by atoms with Crippen molar-refractivity contribution in [3.8, 4) is 0 Å². The van der Waals surface area contributed by atoms with E-state index in [1.807, 2.05) is 0 Å². The number of aromatic nitrogens is 2. The fourth-order valence-corrected chi connectivity index (χ4v) is 2.65. The van der Waals surface area contributed by atoms with Crippen LogP contribution < -0.4 is 4.90 Å². The van der Waals surface area contributed by atoms with Crippen molar-refractivity contribution in [1.82, 2.24) is 10.2 Å². The molecule has 0 atom stereocenters. The monoisotopic (exact) mass is 271 g/mol. The van der Waals surface area contributed by atoms with E-state index in [1.165, 1.54) is 12.8 Å². The molecule has 2 heterocycles. The van der Waals surface area contributed by atoms with Crippen LogP contribution >= 0.6 is 11.6 Å². The van der Waals surface area contributed by atoms with E-state index in [0.29, 0.717) is 29.6 Å². The van der Waals surface area contributed by atoms with Gasteiger partial charge in [0.1, 0.15) is 0 Å². The molecule has 1 aliphatic heterocycles. The van der Waals surface area contributed by atoms with Gasteiger partial charge in [0.15, 0.2) is 0 Å². The summed E-state index contributed by atoms with van der Waals surface area (Å²) in [7, 11) is 0. The average molecular weight is 272 g/mol. The Morgan fingerprint density at radius 1 is 1.28 bits per heavy atom. The smallest absolute Gasteiger partial charge is 0.318 e. The van der Waals surface area contributed by atoms with Gasteiger partial charge >= 0.3 is 6.01 Å². The van der Waals surface area contributed by atoms with Crippen LogP contribution in [0.25, 0.3) is 0 Å². The first kappa shape index (κ1) is 13.7. The van der Waals surface area contributed by atoms with Crippen LogP contribution in [0.4, 0.5) is 6.01 Å². The number of piperidine rings is 1. The molecule has 1 aromatic heterocycles. The zero-order valence-corrected chi connectivity index (χ0v) is 12.2. The number of aryl methyl sites for hydroxylation is 1. The minimum absolute atomic E-state index is 0.394. The molecule has 0 amide bonds. The summed E-state index contributed by atoms with van der Waals surface area (Å²) in [4.78, 5) is 2.19. The van der Waals surface area contributed by atoms with E-state index in [-0.39, 0.29) is 0 Å². The van der Waals surface area contributed by atoms with Crippen LogP contribution in [0, 0.1) is 11.3 Å². The van der Waals surface area contributed by atoms with Crippen LogP contribution in [0.5, 0.6) is 0 Å². The lowest BCUT2D eigenvalue weighted by Crippen LogP contribution is -2.38. The molecule has 18 heavy (non-hydrogen) atoms. The van der Waals surface area contributed by atoms with Crippen LogP contribution in [-0.2, 0) is 6.42 Å². The Labute approximate surface area is 114 Å².